The highest BCUT2D eigenvalue weighted by Gasteiger charge is 2.27. The molecule has 2 aromatic carbocycles. The van der Waals surface area contributed by atoms with Crippen molar-refractivity contribution in [1.29, 1.82) is 0 Å². The second-order valence-electron chi connectivity index (χ2n) is 7.53. The molecule has 1 heterocycles. The maximum absolute atomic E-state index is 12.8. The van der Waals surface area contributed by atoms with Gasteiger partial charge in [-0.15, -0.1) is 0 Å². The van der Waals surface area contributed by atoms with E-state index < -0.39 is 0 Å². The van der Waals surface area contributed by atoms with Crippen molar-refractivity contribution in [2.45, 2.75) is 39.0 Å². The number of rotatable bonds is 8. The summed E-state index contributed by atoms with van der Waals surface area (Å²) in [5.41, 5.74) is 2.85. The summed E-state index contributed by atoms with van der Waals surface area (Å²) in [6.45, 7) is 4.77. The lowest BCUT2D eigenvalue weighted by molar-refractivity contribution is 0.0586. The molecule has 30 heavy (non-hydrogen) atoms. The van der Waals surface area contributed by atoms with E-state index in [-0.39, 0.29) is 18.2 Å². The Balaban J connectivity index is 1.67. The second kappa shape index (κ2) is 10.0. The Morgan fingerprint density at radius 1 is 1.17 bits per heavy atom. The molecule has 0 bridgehead atoms. The van der Waals surface area contributed by atoms with Gasteiger partial charge in [0, 0.05) is 19.0 Å². The van der Waals surface area contributed by atoms with Gasteiger partial charge >= 0.3 is 6.03 Å². The molecule has 0 spiro atoms. The Hall–Kier alpha value is -3.22. The van der Waals surface area contributed by atoms with E-state index in [4.69, 9.17) is 14.3 Å². The number of carbonyl (C=O) groups is 1. The minimum absolute atomic E-state index is 0.0425. The van der Waals surface area contributed by atoms with Gasteiger partial charge in [-0.1, -0.05) is 17.3 Å². The Morgan fingerprint density at radius 2 is 1.90 bits per heavy atom. The third-order valence-electron chi connectivity index (χ3n) is 4.79. The number of amides is 2. The molecule has 3 rings (SSSR count). The summed E-state index contributed by atoms with van der Waals surface area (Å²) in [7, 11) is 3.27. The lowest BCUT2D eigenvalue weighted by atomic mass is 10.0. The predicted molar refractivity (Wildman–Crippen MR) is 116 cm³/mol. The third-order valence-corrected chi connectivity index (χ3v) is 4.79. The molecule has 1 unspecified atom stereocenters. The molecule has 0 radical (unpaired) electrons. The van der Waals surface area contributed by atoms with Crippen LogP contribution in [0.25, 0.3) is 0 Å². The van der Waals surface area contributed by atoms with Crippen molar-refractivity contribution in [3.05, 3.63) is 59.7 Å². The summed E-state index contributed by atoms with van der Waals surface area (Å²) in [6.07, 6.45) is 0.432. The van der Waals surface area contributed by atoms with E-state index in [9.17, 15) is 4.79 Å². The Bertz CT molecular complexity index is 880. The number of urea groups is 1. The lowest BCUT2D eigenvalue weighted by Crippen LogP contribution is -2.45. The van der Waals surface area contributed by atoms with Gasteiger partial charge < -0.3 is 24.5 Å². The monoisotopic (exact) mass is 411 g/mol. The van der Waals surface area contributed by atoms with Gasteiger partial charge in [0.1, 0.15) is 11.5 Å². The lowest BCUT2D eigenvalue weighted by Gasteiger charge is -2.26. The summed E-state index contributed by atoms with van der Waals surface area (Å²) in [5.74, 6) is 1.56. The van der Waals surface area contributed by atoms with Gasteiger partial charge in [0.2, 0.25) is 0 Å². The van der Waals surface area contributed by atoms with Crippen LogP contribution in [-0.2, 0) is 11.4 Å². The number of methoxy groups -OCH3 is 2. The number of nitrogens with zero attached hydrogens (tertiary/aromatic N) is 2. The van der Waals surface area contributed by atoms with E-state index in [1.165, 1.54) is 0 Å². The molecule has 0 saturated carbocycles. The minimum atomic E-state index is -0.203. The van der Waals surface area contributed by atoms with Crippen LogP contribution < -0.4 is 14.8 Å². The fourth-order valence-electron chi connectivity index (χ4n) is 3.27. The minimum Gasteiger partial charge on any atom is -0.497 e. The van der Waals surface area contributed by atoms with Crippen molar-refractivity contribution < 1.29 is 19.1 Å². The fraction of sp³-hybridized carbons (Fsp3) is 0.391. The highest BCUT2D eigenvalue weighted by atomic mass is 16.6. The summed E-state index contributed by atoms with van der Waals surface area (Å²) < 4.78 is 10.5. The maximum Gasteiger partial charge on any atom is 0.318 e. The van der Waals surface area contributed by atoms with E-state index >= 15 is 0 Å². The molecule has 1 N–H and O–H groups in total. The summed E-state index contributed by atoms with van der Waals surface area (Å²) in [4.78, 5) is 20.2. The normalized spacial score (nSPS) is 15.4. The number of hydrogen-bond donors (Lipinski definition) is 1. The summed E-state index contributed by atoms with van der Waals surface area (Å²) in [5, 5.41) is 7.22. The molecule has 1 atom stereocenters. The van der Waals surface area contributed by atoms with Crippen molar-refractivity contribution in [3.8, 4) is 11.5 Å². The molecule has 1 aliphatic heterocycles. The molecule has 7 heteroatoms. The first-order chi connectivity index (χ1) is 14.5. The Labute approximate surface area is 177 Å². The molecule has 160 valence electrons. The largest absolute Gasteiger partial charge is 0.497 e. The first kappa shape index (κ1) is 21.5. The number of nitrogens with one attached hydrogen (secondary N) is 1. The number of hydrogen-bond acceptors (Lipinski definition) is 5. The average molecular weight is 412 g/mol. The van der Waals surface area contributed by atoms with Crippen LogP contribution in [0.15, 0.2) is 53.7 Å². The van der Waals surface area contributed by atoms with Crippen LogP contribution in [-0.4, -0.2) is 49.6 Å². The van der Waals surface area contributed by atoms with E-state index in [0.717, 1.165) is 28.3 Å². The number of oxime groups is 1. The van der Waals surface area contributed by atoms with E-state index in [2.05, 4.69) is 10.5 Å². The van der Waals surface area contributed by atoms with Crippen LogP contribution >= 0.6 is 0 Å². The number of benzene rings is 2. The topological polar surface area (TPSA) is 72.4 Å². The van der Waals surface area contributed by atoms with E-state index in [0.29, 0.717) is 19.5 Å². The molecule has 7 nitrogen and oxygen atoms in total. The predicted octanol–water partition coefficient (Wildman–Crippen LogP) is 3.82. The number of ether oxygens (including phenoxy) is 2. The molecule has 0 aliphatic carbocycles. The highest BCUT2D eigenvalue weighted by molar-refractivity contribution is 6.01. The van der Waals surface area contributed by atoms with Crippen molar-refractivity contribution in [1.82, 2.24) is 10.2 Å². The van der Waals surface area contributed by atoms with Crippen LogP contribution in [0.4, 0.5) is 4.79 Å². The summed E-state index contributed by atoms with van der Waals surface area (Å²) >= 11 is 0. The van der Waals surface area contributed by atoms with Gasteiger partial charge in [0.05, 0.1) is 26.5 Å². The van der Waals surface area contributed by atoms with Crippen LogP contribution in [0.3, 0.4) is 0 Å². The fourth-order valence-corrected chi connectivity index (χ4v) is 3.27. The van der Waals surface area contributed by atoms with Crippen LogP contribution in [0.5, 0.6) is 11.5 Å². The van der Waals surface area contributed by atoms with Crippen LogP contribution in [0.1, 0.15) is 31.4 Å². The van der Waals surface area contributed by atoms with E-state index in [1.54, 1.807) is 19.1 Å². The molecular weight excluding hydrogens is 382 g/mol. The molecule has 2 amide bonds. The molecule has 0 aromatic heterocycles. The van der Waals surface area contributed by atoms with Gasteiger partial charge in [-0.3, -0.25) is 0 Å². The first-order valence-corrected chi connectivity index (χ1v) is 10.0. The zero-order valence-electron chi connectivity index (χ0n) is 17.9. The van der Waals surface area contributed by atoms with Crippen molar-refractivity contribution in [2.24, 2.45) is 5.16 Å². The van der Waals surface area contributed by atoms with Crippen LogP contribution in [0, 0.1) is 0 Å². The molecule has 0 saturated heterocycles. The maximum atomic E-state index is 12.8. The quantitative estimate of drug-likeness (QED) is 0.717. The standard InChI is InChI=1S/C23H29N3O4/c1-16(2)24-23(27)26(14-17-6-5-7-20(12-17)29-4)15-21-13-22(25-30-21)18-8-10-19(28-3)11-9-18/h5-12,16,21H,13-15H2,1-4H3,(H,24,27). The molecule has 1 aliphatic rings. The van der Waals surface area contributed by atoms with Gasteiger partial charge in [-0.05, 0) is 61.4 Å². The SMILES string of the molecule is COc1ccc(C2=NOC(CN(Cc3cccc(OC)c3)C(=O)NC(C)C)C2)cc1. The third kappa shape index (κ3) is 5.65. The highest BCUT2D eigenvalue weighted by Crippen LogP contribution is 2.21. The van der Waals surface area contributed by atoms with Crippen molar-refractivity contribution >= 4 is 11.7 Å². The Morgan fingerprint density at radius 3 is 2.57 bits per heavy atom. The molecule has 2 aromatic rings. The molecule has 0 fully saturated rings. The summed E-state index contributed by atoms with van der Waals surface area (Å²) in [6, 6.07) is 15.4. The first-order valence-electron chi connectivity index (χ1n) is 10.0. The zero-order chi connectivity index (χ0) is 21.5. The van der Waals surface area contributed by atoms with Gasteiger partial charge in [0.25, 0.3) is 0 Å². The van der Waals surface area contributed by atoms with E-state index in [1.807, 2.05) is 62.4 Å². The zero-order valence-corrected chi connectivity index (χ0v) is 17.9. The smallest absolute Gasteiger partial charge is 0.318 e. The Kier molecular flexibility index (Phi) is 7.17. The van der Waals surface area contributed by atoms with Crippen molar-refractivity contribution in [3.63, 3.8) is 0 Å². The van der Waals surface area contributed by atoms with Gasteiger partial charge in [0.15, 0.2) is 6.10 Å². The van der Waals surface area contributed by atoms with Crippen molar-refractivity contribution in [2.75, 3.05) is 20.8 Å². The molecular formula is C23H29N3O4. The average Bonchev–Trinajstić information content (AvgIpc) is 3.21. The number of carbonyl (C=O) groups excluding carboxylic acids is 1. The van der Waals surface area contributed by atoms with Gasteiger partial charge in [-0.2, -0.15) is 0 Å². The second-order valence-corrected chi connectivity index (χ2v) is 7.53. The van der Waals surface area contributed by atoms with Crippen LogP contribution in [0.2, 0.25) is 0 Å². The van der Waals surface area contributed by atoms with Gasteiger partial charge in [-0.25, -0.2) is 4.79 Å².